The Morgan fingerprint density at radius 1 is 0.733 bits per heavy atom. The number of hydrogen-bond acceptors (Lipinski definition) is 1. The molecule has 0 aromatic carbocycles. The van der Waals surface area contributed by atoms with Gasteiger partial charge in [-0.05, 0) is 26.2 Å². The van der Waals surface area contributed by atoms with Gasteiger partial charge in [0.25, 0.3) is 0 Å². The molecule has 0 unspecified atom stereocenters. The summed E-state index contributed by atoms with van der Waals surface area (Å²) in [6.45, 7) is 18.0. The second-order valence-electron chi connectivity index (χ2n) is 4.92. The first-order valence-corrected chi connectivity index (χ1v) is 13.2. The molecule has 0 heterocycles. The van der Waals surface area contributed by atoms with Gasteiger partial charge >= 0.3 is 0 Å². The van der Waals surface area contributed by atoms with Crippen molar-refractivity contribution in [2.75, 3.05) is 0 Å². The van der Waals surface area contributed by atoms with Gasteiger partial charge in [0.05, 0.1) is 0 Å². The molecule has 0 aromatic heterocycles. The van der Waals surface area contributed by atoms with Gasteiger partial charge in [-0.3, -0.25) is 0 Å². The first-order valence-electron chi connectivity index (χ1n) is 4.41. The fourth-order valence-electron chi connectivity index (χ4n) is 0.408. The molecule has 0 aliphatic carbocycles. The normalized spacial score (nSPS) is 9.20. The average molecular weight is 771 g/mol. The smallest absolute Gasteiger partial charge is 0.191 e. The van der Waals surface area contributed by atoms with Crippen molar-refractivity contribution < 1.29 is 4.12 Å². The Kier molecular flexibility index (Phi) is 24.5. The summed E-state index contributed by atoms with van der Waals surface area (Å²) in [7, 11) is -1.39. The van der Waals surface area contributed by atoms with Gasteiger partial charge in [-0.25, -0.2) is 0 Å². The van der Waals surface area contributed by atoms with E-state index in [0.29, 0.717) is 0 Å². The molecule has 0 N–H and O–H groups in total. The predicted molar refractivity (Wildman–Crippen MR) is 72.0 cm³/mol. The molecule has 0 fully saturated rings. The van der Waals surface area contributed by atoms with Crippen LogP contribution in [0.15, 0.2) is 0 Å². The monoisotopic (exact) mass is 770 g/mol. The maximum absolute atomic E-state index is 5.45. The van der Waals surface area contributed by atoms with Gasteiger partial charge < -0.3 is 4.12 Å². The molecular formula is C9H28ORf2Si3. The molecule has 0 rings (SSSR count). The Hall–Kier alpha value is -1.39. The van der Waals surface area contributed by atoms with E-state index in [1.165, 1.54) is 0 Å². The minimum absolute atomic E-state index is 0. The third-order valence-electron chi connectivity index (χ3n) is 0.408. The van der Waals surface area contributed by atoms with Crippen LogP contribution in [0.1, 0.15) is 7.43 Å². The van der Waals surface area contributed by atoms with Crippen molar-refractivity contribution in [3.05, 3.63) is 0 Å². The largest absolute Gasteiger partial charge is 0.456 e. The molecule has 0 bridgehead atoms. The summed E-state index contributed by atoms with van der Waals surface area (Å²) in [5, 5.41) is 0. The number of rotatable bonds is 2. The summed E-state index contributed by atoms with van der Waals surface area (Å²) in [5.41, 5.74) is 0. The third kappa shape index (κ3) is 208. The van der Waals surface area contributed by atoms with E-state index in [0.717, 1.165) is 0 Å². The molecule has 0 spiro atoms. The summed E-state index contributed by atoms with van der Waals surface area (Å²) in [6, 6.07) is 0. The summed E-state index contributed by atoms with van der Waals surface area (Å²) in [4.78, 5) is 0. The molecule has 0 amide bonds. The summed E-state index contributed by atoms with van der Waals surface area (Å²) >= 11 is 0. The van der Waals surface area contributed by atoms with Crippen molar-refractivity contribution >= 4 is 26.2 Å². The molecule has 2 radical (unpaired) electrons. The van der Waals surface area contributed by atoms with Gasteiger partial charge in [0, 0.05) is 8.07 Å². The van der Waals surface area contributed by atoms with Gasteiger partial charge in [0.1, 0.15) is 0 Å². The van der Waals surface area contributed by atoms with Crippen molar-refractivity contribution in [3.8, 4) is 0 Å². The summed E-state index contributed by atoms with van der Waals surface area (Å²) in [6.07, 6.45) is 0. The summed E-state index contributed by atoms with van der Waals surface area (Å²) < 4.78 is 5.45. The van der Waals surface area contributed by atoms with Crippen molar-refractivity contribution in [1.82, 2.24) is 0 Å². The van der Waals surface area contributed by atoms with Gasteiger partial charge in [0.15, 0.2) is 18.1 Å². The maximum atomic E-state index is 5.45. The average Bonchev–Trinajstić information content (AvgIpc) is 1.52. The van der Waals surface area contributed by atoms with E-state index in [1.54, 1.807) is 0 Å². The van der Waals surface area contributed by atoms with Gasteiger partial charge in [-0.1, -0.05) is 33.6 Å². The molecule has 0 saturated heterocycles. The van der Waals surface area contributed by atoms with Crippen molar-refractivity contribution in [2.24, 2.45) is 0 Å². The molecule has 0 saturated carbocycles. The van der Waals surface area contributed by atoms with Crippen LogP contribution < -0.4 is 0 Å². The van der Waals surface area contributed by atoms with Crippen LogP contribution in [0.5, 0.6) is 0 Å². The molecule has 0 aromatic rings. The second-order valence-corrected chi connectivity index (χ2v) is 15.4. The molecule has 0 aliphatic rings. The Balaban J connectivity index is -0.0000000383. The van der Waals surface area contributed by atoms with Crippen LogP contribution in [0.4, 0.5) is 0 Å². The standard InChI is InChI=1S/C4H12OSi2.C4H12Si.CH4.2Rf/c1-6(2)5-7(3)4;1-5(2,3)4;;;/h1-4H3;1-4H3;1H4;;. The first kappa shape index (κ1) is 29.2. The molecule has 6 heteroatoms. The van der Waals surface area contributed by atoms with Crippen LogP contribution in [0.2, 0.25) is 52.4 Å². The van der Waals surface area contributed by atoms with E-state index in [9.17, 15) is 0 Å². The van der Waals surface area contributed by atoms with E-state index < -0.39 is 8.07 Å². The summed E-state index contributed by atoms with van der Waals surface area (Å²) in [5.74, 6) is 0. The molecule has 0 atom stereocenters. The molecular weight excluding hydrogens is 742 g/mol. The molecule has 1 nitrogen and oxygen atoms in total. The second kappa shape index (κ2) is 12.6. The quantitative estimate of drug-likeness (QED) is 0.385. The van der Waals surface area contributed by atoms with Crippen LogP contribution in [-0.2, 0) is 4.12 Å². The Morgan fingerprint density at radius 3 is 0.867 bits per heavy atom. The van der Waals surface area contributed by atoms with Crippen molar-refractivity contribution in [1.29, 1.82) is 0 Å². The maximum Gasteiger partial charge on any atom is 0.191 e. The van der Waals surface area contributed by atoms with Gasteiger partial charge in [-0.15, -0.1) is 0 Å². The SMILES string of the molecule is C.C[Si](C)(C)C.C[Si](C)O[Si](C)C.[Rf].[Rf]. The van der Waals surface area contributed by atoms with Crippen molar-refractivity contribution in [2.45, 2.75) is 59.8 Å². The zero-order valence-electron chi connectivity index (χ0n) is 11.3. The Bertz CT molecular complexity index is 94.0. The Morgan fingerprint density at radius 2 is 0.867 bits per heavy atom. The zero-order chi connectivity index (χ0) is 10.4. The molecule has 0 aliphatic heterocycles. The van der Waals surface area contributed by atoms with Crippen molar-refractivity contribution in [3.63, 3.8) is 0 Å². The molecule has 15 heavy (non-hydrogen) atoms. The number of hydrogen-bond donors (Lipinski definition) is 0. The zero-order valence-corrected chi connectivity index (χ0v) is 27.1. The van der Waals surface area contributed by atoms with E-state index in [2.05, 4.69) is 52.4 Å². The first-order chi connectivity index (χ1) is 5.13. The van der Waals surface area contributed by atoms with E-state index in [-0.39, 0.29) is 25.5 Å². The van der Waals surface area contributed by atoms with E-state index in [4.69, 9.17) is 4.12 Å². The van der Waals surface area contributed by atoms with Gasteiger partial charge in [-0.2, -0.15) is 0 Å². The van der Waals surface area contributed by atoms with Crippen LogP contribution in [-0.4, -0.2) is 26.2 Å². The fourth-order valence-corrected chi connectivity index (χ4v) is 3.67. The van der Waals surface area contributed by atoms with Crippen LogP contribution >= 0.6 is 0 Å². The minimum atomic E-state index is -0.611. The van der Waals surface area contributed by atoms with Crippen LogP contribution in [0.3, 0.4) is 0 Å². The van der Waals surface area contributed by atoms with Gasteiger partial charge in [0.2, 0.25) is 0 Å². The molecule has 86 valence electrons. The Labute approximate surface area is 90.4 Å². The van der Waals surface area contributed by atoms with Crippen LogP contribution in [0.25, 0.3) is 0 Å². The topological polar surface area (TPSA) is 9.23 Å². The minimum Gasteiger partial charge on any atom is -0.456 e. The third-order valence-corrected chi connectivity index (χ3v) is 3.67. The predicted octanol–water partition coefficient (Wildman–Crippen LogP) is 4.10. The van der Waals surface area contributed by atoms with Crippen LogP contribution in [0, 0.1) is 0 Å². The van der Waals surface area contributed by atoms with E-state index in [1.807, 2.05) is 0 Å². The fraction of sp³-hybridized carbons (Fsp3) is 1.00. The van der Waals surface area contributed by atoms with E-state index >= 15 is 0 Å².